The molecule has 0 aliphatic rings. The van der Waals surface area contributed by atoms with Crippen molar-refractivity contribution in [3.05, 3.63) is 10.0 Å². The average Bonchev–Trinajstić information content (AvgIpc) is 3.04. The van der Waals surface area contributed by atoms with Crippen LogP contribution in [0.4, 0.5) is 0 Å². The maximum Gasteiger partial charge on any atom is 0.302 e. The molecule has 144 valence electrons. The van der Waals surface area contributed by atoms with Crippen LogP contribution in [0.25, 0.3) is 9.66 Å². The first-order valence-electron chi connectivity index (χ1n) is 8.56. The summed E-state index contributed by atoms with van der Waals surface area (Å²) in [5, 5.41) is 2.00. The number of esters is 2. The molecule has 0 amide bonds. The summed E-state index contributed by atoms with van der Waals surface area (Å²) in [6.45, 7) is 12.0. The topological polar surface area (TPSA) is 78.4 Å². The highest BCUT2D eigenvalue weighted by atomic mass is 32.1. The molecule has 0 unspecified atom stereocenters. The number of ether oxygens (including phenoxy) is 2. The van der Waals surface area contributed by atoms with Crippen LogP contribution in [0.3, 0.4) is 0 Å². The zero-order valence-electron chi connectivity index (χ0n) is 16.2. The van der Waals surface area contributed by atoms with Gasteiger partial charge in [0.15, 0.2) is 9.66 Å². The Labute approximate surface area is 161 Å². The van der Waals surface area contributed by atoms with Gasteiger partial charge in [0, 0.05) is 24.7 Å². The second-order valence-electron chi connectivity index (χ2n) is 7.60. The number of rotatable bonds is 8. The highest BCUT2D eigenvalue weighted by Gasteiger charge is 2.29. The number of fused-ring (bicyclic) bond motifs is 1. The molecular weight excluding hydrogens is 372 g/mol. The minimum absolute atomic E-state index is 0.175. The molecule has 0 aromatic carbocycles. The summed E-state index contributed by atoms with van der Waals surface area (Å²) >= 11 is 3.18. The van der Waals surface area contributed by atoms with Gasteiger partial charge in [-0.1, -0.05) is 50.4 Å². The molecule has 0 saturated carbocycles. The third-order valence-electron chi connectivity index (χ3n) is 4.20. The van der Waals surface area contributed by atoms with Crippen LogP contribution in [0, 0.1) is 0 Å². The van der Waals surface area contributed by atoms with Crippen LogP contribution in [0.2, 0.25) is 0 Å². The van der Waals surface area contributed by atoms with E-state index in [0.717, 1.165) is 19.7 Å². The molecule has 2 aromatic heterocycles. The predicted octanol–water partition coefficient (Wildman–Crippen LogP) is 4.21. The van der Waals surface area contributed by atoms with Gasteiger partial charge < -0.3 is 9.47 Å². The van der Waals surface area contributed by atoms with Crippen molar-refractivity contribution in [2.45, 2.75) is 65.2 Å². The summed E-state index contributed by atoms with van der Waals surface area (Å²) in [4.78, 5) is 33.3. The van der Waals surface area contributed by atoms with Crippen LogP contribution in [0.5, 0.6) is 0 Å². The van der Waals surface area contributed by atoms with E-state index < -0.39 is 0 Å². The van der Waals surface area contributed by atoms with Crippen LogP contribution < -0.4 is 0 Å². The molecule has 2 heterocycles. The maximum atomic E-state index is 10.9. The molecular formula is C18H26N2O4S2. The fraction of sp³-hybridized carbons (Fsp3) is 0.667. The molecule has 0 spiro atoms. The number of thiazole rings is 2. The Hall–Kier alpha value is -1.54. The van der Waals surface area contributed by atoms with Crippen molar-refractivity contribution in [2.24, 2.45) is 0 Å². The number of hydrogen-bond acceptors (Lipinski definition) is 8. The first kappa shape index (κ1) is 20.8. The van der Waals surface area contributed by atoms with Gasteiger partial charge >= 0.3 is 11.9 Å². The minimum Gasteiger partial charge on any atom is -0.466 e. The average molecular weight is 399 g/mol. The van der Waals surface area contributed by atoms with E-state index in [-0.39, 0.29) is 22.8 Å². The van der Waals surface area contributed by atoms with Gasteiger partial charge in [-0.05, 0) is 12.8 Å². The van der Waals surface area contributed by atoms with E-state index in [4.69, 9.17) is 19.4 Å². The second kappa shape index (κ2) is 8.00. The van der Waals surface area contributed by atoms with Gasteiger partial charge in [0.1, 0.15) is 10.0 Å². The van der Waals surface area contributed by atoms with E-state index in [1.165, 1.54) is 13.8 Å². The summed E-state index contributed by atoms with van der Waals surface area (Å²) in [5.41, 5.74) is -0.350. The third-order valence-corrected chi connectivity index (χ3v) is 6.96. The summed E-state index contributed by atoms with van der Waals surface area (Å²) < 4.78 is 10.1. The highest BCUT2D eigenvalue weighted by Crippen LogP contribution is 2.39. The lowest BCUT2D eigenvalue weighted by Gasteiger charge is -2.22. The van der Waals surface area contributed by atoms with Crippen molar-refractivity contribution >= 4 is 44.3 Å². The summed E-state index contributed by atoms with van der Waals surface area (Å²) in [5.74, 6) is -0.522. The standard InChI is InChI=1S/C18H26N2O4S2/c1-11(21)23-9-7-17(3,4)15-19-13-14(25-15)20-16(26-13)18(5,6)8-10-24-12(2)22/h7-10H2,1-6H3. The second-order valence-corrected chi connectivity index (χ2v) is 9.55. The van der Waals surface area contributed by atoms with Gasteiger partial charge in [0.2, 0.25) is 0 Å². The lowest BCUT2D eigenvalue weighted by molar-refractivity contribution is -0.142. The zero-order chi connectivity index (χ0) is 19.5. The van der Waals surface area contributed by atoms with E-state index in [1.807, 2.05) is 0 Å². The minimum atomic E-state index is -0.261. The third kappa shape index (κ3) is 5.23. The summed E-state index contributed by atoms with van der Waals surface area (Å²) in [7, 11) is 0. The van der Waals surface area contributed by atoms with Crippen LogP contribution in [-0.4, -0.2) is 35.1 Å². The molecule has 0 atom stereocenters. The van der Waals surface area contributed by atoms with Gasteiger partial charge in [0.05, 0.1) is 13.2 Å². The van der Waals surface area contributed by atoms with Gasteiger partial charge in [-0.15, -0.1) is 0 Å². The molecule has 8 heteroatoms. The normalized spacial score (nSPS) is 12.4. The van der Waals surface area contributed by atoms with Crippen molar-refractivity contribution in [1.82, 2.24) is 9.97 Å². The van der Waals surface area contributed by atoms with Gasteiger partial charge in [-0.2, -0.15) is 0 Å². The molecule has 26 heavy (non-hydrogen) atoms. The fourth-order valence-corrected chi connectivity index (χ4v) is 4.64. The van der Waals surface area contributed by atoms with Crippen molar-refractivity contribution in [3.8, 4) is 0 Å². The molecule has 0 aliphatic carbocycles. The molecule has 0 bridgehead atoms. The van der Waals surface area contributed by atoms with Gasteiger partial charge in [0.25, 0.3) is 0 Å². The van der Waals surface area contributed by atoms with Crippen LogP contribution in [0.1, 0.15) is 64.4 Å². The van der Waals surface area contributed by atoms with Gasteiger partial charge in [-0.25, -0.2) is 9.97 Å². The quantitative estimate of drug-likeness (QED) is 0.620. The number of carbonyl (C=O) groups excluding carboxylic acids is 2. The van der Waals surface area contributed by atoms with Crippen molar-refractivity contribution in [1.29, 1.82) is 0 Å². The Kier molecular flexibility index (Phi) is 6.39. The molecule has 2 rings (SSSR count). The Balaban J connectivity index is 2.10. The molecule has 0 radical (unpaired) electrons. The summed E-state index contributed by atoms with van der Waals surface area (Å²) in [6.07, 6.45) is 1.43. The Morgan fingerprint density at radius 1 is 0.808 bits per heavy atom. The van der Waals surface area contributed by atoms with Crippen LogP contribution >= 0.6 is 22.7 Å². The van der Waals surface area contributed by atoms with E-state index in [2.05, 4.69) is 27.7 Å². The van der Waals surface area contributed by atoms with Crippen LogP contribution in [0.15, 0.2) is 0 Å². The smallest absolute Gasteiger partial charge is 0.302 e. The monoisotopic (exact) mass is 398 g/mol. The molecule has 0 aliphatic heterocycles. The molecule has 0 saturated heterocycles. The maximum absolute atomic E-state index is 10.9. The lowest BCUT2D eigenvalue weighted by atomic mass is 9.91. The largest absolute Gasteiger partial charge is 0.466 e. The number of aromatic nitrogens is 2. The molecule has 0 N–H and O–H groups in total. The Bertz CT molecular complexity index is 699. The van der Waals surface area contributed by atoms with E-state index >= 15 is 0 Å². The number of nitrogens with zero attached hydrogens (tertiary/aromatic N) is 2. The zero-order valence-corrected chi connectivity index (χ0v) is 17.8. The molecule has 0 fully saturated rings. The van der Waals surface area contributed by atoms with E-state index in [0.29, 0.717) is 26.1 Å². The lowest BCUT2D eigenvalue weighted by Crippen LogP contribution is -2.20. The molecule has 2 aromatic rings. The number of carbonyl (C=O) groups is 2. The van der Waals surface area contributed by atoms with Crippen molar-refractivity contribution in [2.75, 3.05) is 13.2 Å². The van der Waals surface area contributed by atoms with Crippen molar-refractivity contribution in [3.63, 3.8) is 0 Å². The predicted molar refractivity (Wildman–Crippen MR) is 104 cm³/mol. The SMILES string of the molecule is CC(=O)OCCC(C)(C)c1nc2sc(C(C)(C)CCOC(C)=O)nc2s1. The summed E-state index contributed by atoms with van der Waals surface area (Å²) in [6, 6.07) is 0. The first-order chi connectivity index (χ1) is 12.0. The van der Waals surface area contributed by atoms with E-state index in [1.54, 1.807) is 22.7 Å². The Morgan fingerprint density at radius 2 is 1.15 bits per heavy atom. The van der Waals surface area contributed by atoms with E-state index in [9.17, 15) is 9.59 Å². The Morgan fingerprint density at radius 3 is 1.46 bits per heavy atom. The van der Waals surface area contributed by atoms with Gasteiger partial charge in [-0.3, -0.25) is 9.59 Å². The molecule has 6 nitrogen and oxygen atoms in total. The van der Waals surface area contributed by atoms with Crippen molar-refractivity contribution < 1.29 is 19.1 Å². The first-order valence-corrected chi connectivity index (χ1v) is 10.2. The van der Waals surface area contributed by atoms with Crippen LogP contribution in [-0.2, 0) is 29.9 Å². The number of hydrogen-bond donors (Lipinski definition) is 0. The fourth-order valence-electron chi connectivity index (χ4n) is 2.33. The highest BCUT2D eigenvalue weighted by molar-refractivity contribution is 7.26.